The molecule has 1 aromatic carbocycles. The molecule has 1 nitrogen and oxygen atoms in total. The van der Waals surface area contributed by atoms with Gasteiger partial charge in [0, 0.05) is 16.0 Å². The number of halogens is 1. The van der Waals surface area contributed by atoms with Crippen LogP contribution in [0.2, 0.25) is 0 Å². The highest BCUT2D eigenvalue weighted by Crippen LogP contribution is 2.40. The summed E-state index contributed by atoms with van der Waals surface area (Å²) in [5.41, 5.74) is 4.91. The molecule has 0 aliphatic heterocycles. The molecule has 1 aliphatic rings. The van der Waals surface area contributed by atoms with Crippen molar-refractivity contribution in [2.75, 3.05) is 0 Å². The lowest BCUT2D eigenvalue weighted by Gasteiger charge is -2.25. The highest BCUT2D eigenvalue weighted by atomic mass is 79.9. The lowest BCUT2D eigenvalue weighted by atomic mass is 9.81. The Kier molecular flexibility index (Phi) is 3.44. The monoisotopic (exact) mass is 308 g/mol. The maximum atomic E-state index is 12.2. The van der Waals surface area contributed by atoms with Crippen LogP contribution in [0.4, 0.5) is 0 Å². The number of fused-ring (bicyclic) bond motifs is 1. The van der Waals surface area contributed by atoms with E-state index in [1.165, 1.54) is 21.2 Å². The third-order valence-corrected chi connectivity index (χ3v) is 4.81. The van der Waals surface area contributed by atoms with Gasteiger partial charge in [-0.05, 0) is 41.0 Å². The number of ketones is 1. The highest BCUT2D eigenvalue weighted by Gasteiger charge is 2.32. The third-order valence-electron chi connectivity index (χ3n) is 3.85. The van der Waals surface area contributed by atoms with Crippen molar-refractivity contribution >= 4 is 21.7 Å². The summed E-state index contributed by atoms with van der Waals surface area (Å²) in [5, 5.41) is 0. The van der Waals surface area contributed by atoms with E-state index in [2.05, 4.69) is 49.7 Å². The zero-order chi connectivity index (χ0) is 13.7. The predicted octanol–water partition coefficient (Wildman–Crippen LogP) is 4.68. The fourth-order valence-corrected chi connectivity index (χ4v) is 3.71. The molecule has 1 aromatic rings. The molecule has 0 N–H and O–H groups in total. The number of rotatable bonds is 1. The van der Waals surface area contributed by atoms with Crippen molar-refractivity contribution in [3.8, 4) is 0 Å². The zero-order valence-electron chi connectivity index (χ0n) is 11.9. The summed E-state index contributed by atoms with van der Waals surface area (Å²) in [6.07, 6.45) is 1.88. The number of benzene rings is 1. The maximum Gasteiger partial charge on any atom is 0.166 e. The second-order valence-corrected chi connectivity index (χ2v) is 7.11. The van der Waals surface area contributed by atoms with E-state index in [4.69, 9.17) is 0 Å². The lowest BCUT2D eigenvalue weighted by molar-refractivity contribution is 0.0946. The molecule has 0 spiro atoms. The van der Waals surface area contributed by atoms with Crippen LogP contribution < -0.4 is 0 Å². The zero-order valence-corrected chi connectivity index (χ0v) is 13.4. The van der Waals surface area contributed by atoms with E-state index in [-0.39, 0.29) is 11.3 Å². The summed E-state index contributed by atoms with van der Waals surface area (Å²) >= 11 is 3.74. The molecule has 1 aliphatic carbocycles. The van der Waals surface area contributed by atoms with E-state index in [1.54, 1.807) is 0 Å². The molecule has 0 amide bonds. The fraction of sp³-hybridized carbons (Fsp3) is 0.562. The first-order valence-corrected chi connectivity index (χ1v) is 7.45. The van der Waals surface area contributed by atoms with E-state index in [0.29, 0.717) is 5.78 Å². The van der Waals surface area contributed by atoms with Crippen LogP contribution in [0.15, 0.2) is 10.5 Å². The molecule has 0 saturated carbocycles. The van der Waals surface area contributed by atoms with Gasteiger partial charge in [-0.15, -0.1) is 0 Å². The van der Waals surface area contributed by atoms with Crippen molar-refractivity contribution in [2.24, 2.45) is 5.92 Å². The Hall–Kier alpha value is -0.630. The topological polar surface area (TPSA) is 17.1 Å². The van der Waals surface area contributed by atoms with E-state index in [0.717, 1.165) is 18.4 Å². The summed E-state index contributed by atoms with van der Waals surface area (Å²) in [5.74, 6) is 0.440. The van der Waals surface area contributed by atoms with Crippen molar-refractivity contribution in [3.05, 3.63) is 32.8 Å². The van der Waals surface area contributed by atoms with Crippen LogP contribution in [0, 0.1) is 5.92 Å². The SMILES string of the molecule is CCc1c(C(C)(C)C)cc2c(c1Br)CC(C)C2=O. The Morgan fingerprint density at radius 1 is 1.39 bits per heavy atom. The second-order valence-electron chi connectivity index (χ2n) is 6.32. The Morgan fingerprint density at radius 3 is 2.50 bits per heavy atom. The lowest BCUT2D eigenvalue weighted by Crippen LogP contribution is -2.16. The molecule has 0 fully saturated rings. The fourth-order valence-electron chi connectivity index (χ4n) is 2.84. The molecule has 0 bridgehead atoms. The molecule has 18 heavy (non-hydrogen) atoms. The summed E-state index contributed by atoms with van der Waals surface area (Å²) < 4.78 is 1.17. The number of hydrogen-bond donors (Lipinski definition) is 0. The first-order chi connectivity index (χ1) is 8.27. The number of carbonyl (C=O) groups is 1. The molecule has 98 valence electrons. The molecule has 1 atom stereocenters. The first kappa shape index (κ1) is 13.8. The van der Waals surface area contributed by atoms with Crippen LogP contribution in [0.1, 0.15) is 61.7 Å². The van der Waals surface area contributed by atoms with E-state index in [1.807, 2.05) is 6.92 Å². The Bertz CT molecular complexity index is 509. The van der Waals surface area contributed by atoms with Crippen molar-refractivity contribution in [3.63, 3.8) is 0 Å². The largest absolute Gasteiger partial charge is 0.294 e. The number of hydrogen-bond acceptors (Lipinski definition) is 1. The van der Waals surface area contributed by atoms with E-state index >= 15 is 0 Å². The van der Waals surface area contributed by atoms with Gasteiger partial charge in [0.05, 0.1) is 0 Å². The smallest absolute Gasteiger partial charge is 0.166 e. The van der Waals surface area contributed by atoms with Gasteiger partial charge in [0.25, 0.3) is 0 Å². The van der Waals surface area contributed by atoms with Crippen molar-refractivity contribution in [1.82, 2.24) is 0 Å². The second kappa shape index (κ2) is 4.48. The van der Waals surface area contributed by atoms with Crippen LogP contribution in [-0.4, -0.2) is 5.78 Å². The normalized spacial score (nSPS) is 19.2. The molecular weight excluding hydrogens is 288 g/mol. The summed E-state index contributed by atoms with van der Waals surface area (Å²) in [6, 6.07) is 2.14. The average molecular weight is 309 g/mol. The van der Waals surface area contributed by atoms with Gasteiger partial charge in [-0.1, -0.05) is 50.5 Å². The minimum absolute atomic E-state index is 0.0784. The van der Waals surface area contributed by atoms with Gasteiger partial charge in [0.1, 0.15) is 0 Å². The maximum absolute atomic E-state index is 12.2. The Balaban J connectivity index is 2.73. The van der Waals surface area contributed by atoms with Gasteiger partial charge in [-0.25, -0.2) is 0 Å². The van der Waals surface area contributed by atoms with Gasteiger partial charge in [-0.2, -0.15) is 0 Å². The van der Waals surface area contributed by atoms with Crippen LogP contribution in [-0.2, 0) is 18.3 Å². The van der Waals surface area contributed by atoms with E-state index in [9.17, 15) is 4.79 Å². The summed E-state index contributed by atoms with van der Waals surface area (Å²) in [4.78, 5) is 12.2. The van der Waals surface area contributed by atoms with Crippen LogP contribution in [0.5, 0.6) is 0 Å². The van der Waals surface area contributed by atoms with Gasteiger partial charge < -0.3 is 0 Å². The van der Waals surface area contributed by atoms with Gasteiger partial charge in [0.2, 0.25) is 0 Å². The molecular formula is C16H21BrO. The van der Waals surface area contributed by atoms with E-state index < -0.39 is 0 Å². The molecule has 2 rings (SSSR count). The van der Waals surface area contributed by atoms with Gasteiger partial charge >= 0.3 is 0 Å². The molecule has 0 heterocycles. The molecule has 0 saturated heterocycles. The average Bonchev–Trinajstić information content (AvgIpc) is 2.55. The third kappa shape index (κ3) is 2.05. The van der Waals surface area contributed by atoms with Gasteiger partial charge in [-0.3, -0.25) is 4.79 Å². The highest BCUT2D eigenvalue weighted by molar-refractivity contribution is 9.10. The summed E-state index contributed by atoms with van der Waals surface area (Å²) in [6.45, 7) is 10.8. The minimum atomic E-state index is 0.0784. The summed E-state index contributed by atoms with van der Waals surface area (Å²) in [7, 11) is 0. The Labute approximate surface area is 118 Å². The number of carbonyl (C=O) groups excluding carboxylic acids is 1. The van der Waals surface area contributed by atoms with Gasteiger partial charge in [0.15, 0.2) is 5.78 Å². The quantitative estimate of drug-likeness (QED) is 0.736. The van der Waals surface area contributed by atoms with Crippen molar-refractivity contribution < 1.29 is 4.79 Å². The number of Topliss-reactive ketones (excluding diaryl/α,β-unsaturated/α-hetero) is 1. The predicted molar refractivity (Wildman–Crippen MR) is 79.4 cm³/mol. The van der Waals surface area contributed by atoms with Crippen LogP contribution >= 0.6 is 15.9 Å². The molecule has 0 radical (unpaired) electrons. The molecule has 2 heteroatoms. The van der Waals surface area contributed by atoms with Crippen LogP contribution in [0.3, 0.4) is 0 Å². The molecule has 0 aromatic heterocycles. The standard InChI is InChI=1S/C16H21BrO/c1-6-10-13(16(3,4)5)8-12-11(14(10)17)7-9(2)15(12)18/h8-9H,6-7H2,1-5H3. The van der Waals surface area contributed by atoms with Crippen molar-refractivity contribution in [2.45, 2.75) is 52.9 Å². The first-order valence-electron chi connectivity index (χ1n) is 6.66. The van der Waals surface area contributed by atoms with Crippen LogP contribution in [0.25, 0.3) is 0 Å². The Morgan fingerprint density at radius 2 is 2.00 bits per heavy atom. The van der Waals surface area contributed by atoms with Crippen molar-refractivity contribution in [1.29, 1.82) is 0 Å². The minimum Gasteiger partial charge on any atom is -0.294 e. The molecule has 1 unspecified atom stereocenters.